The number of carbonyl (C=O) groups excluding carboxylic acids is 1. The molecule has 1 atom stereocenters. The second-order valence-electron chi connectivity index (χ2n) is 3.31. The van der Waals surface area contributed by atoms with Gasteiger partial charge in [-0.3, -0.25) is 0 Å². The van der Waals surface area contributed by atoms with Gasteiger partial charge >= 0.3 is 5.97 Å². The van der Waals surface area contributed by atoms with E-state index in [2.05, 4.69) is 6.58 Å². The van der Waals surface area contributed by atoms with Gasteiger partial charge in [-0.1, -0.05) is 24.3 Å². The van der Waals surface area contributed by atoms with Crippen LogP contribution < -0.4 is 10.5 Å². The normalized spacial score (nSPS) is 11.9. The van der Waals surface area contributed by atoms with Gasteiger partial charge in [0.15, 0.2) is 0 Å². The Balaban J connectivity index is 2.83. The van der Waals surface area contributed by atoms with Crippen LogP contribution in [0.1, 0.15) is 12.5 Å². The molecule has 2 N–H and O–H groups in total. The summed E-state index contributed by atoms with van der Waals surface area (Å²) >= 11 is 0. The van der Waals surface area contributed by atoms with Crippen LogP contribution >= 0.6 is 0 Å². The molecule has 0 aliphatic rings. The van der Waals surface area contributed by atoms with Crippen molar-refractivity contribution >= 4 is 5.97 Å². The lowest BCUT2D eigenvalue weighted by Gasteiger charge is -2.09. The number of hydrogen-bond donors (Lipinski definition) is 1. The molecule has 0 aliphatic heterocycles. The molecule has 3 heteroatoms. The summed E-state index contributed by atoms with van der Waals surface area (Å²) in [6.45, 7) is 5.24. The monoisotopic (exact) mass is 205 g/mol. The van der Waals surface area contributed by atoms with E-state index in [0.717, 1.165) is 5.56 Å². The van der Waals surface area contributed by atoms with E-state index >= 15 is 0 Å². The van der Waals surface area contributed by atoms with Crippen LogP contribution in [-0.2, 0) is 11.2 Å². The van der Waals surface area contributed by atoms with E-state index in [0.29, 0.717) is 12.2 Å². The van der Waals surface area contributed by atoms with Crippen LogP contribution in [-0.4, -0.2) is 12.0 Å². The molecule has 0 fully saturated rings. The molecule has 0 saturated heterocycles. The highest BCUT2D eigenvalue weighted by atomic mass is 16.5. The van der Waals surface area contributed by atoms with Gasteiger partial charge in [-0.25, -0.2) is 4.79 Å². The third-order valence-corrected chi connectivity index (χ3v) is 1.92. The van der Waals surface area contributed by atoms with Crippen molar-refractivity contribution in [3.63, 3.8) is 0 Å². The summed E-state index contributed by atoms with van der Waals surface area (Å²) in [4.78, 5) is 11.3. The number of hydrogen-bond acceptors (Lipinski definition) is 3. The van der Waals surface area contributed by atoms with Crippen molar-refractivity contribution < 1.29 is 9.53 Å². The molecular weight excluding hydrogens is 190 g/mol. The molecule has 1 aromatic rings. The number of carbonyl (C=O) groups is 1. The number of esters is 1. The van der Waals surface area contributed by atoms with Gasteiger partial charge in [-0.15, -0.1) is 6.58 Å². The first-order valence-electron chi connectivity index (χ1n) is 4.81. The molecule has 0 aromatic heterocycles. The first-order valence-corrected chi connectivity index (χ1v) is 4.81. The van der Waals surface area contributed by atoms with Crippen molar-refractivity contribution in [3.8, 4) is 5.75 Å². The maximum atomic E-state index is 11.3. The topological polar surface area (TPSA) is 52.3 Å². The van der Waals surface area contributed by atoms with Gasteiger partial charge in [0.05, 0.1) is 0 Å². The fourth-order valence-electron chi connectivity index (χ4n) is 1.13. The molecule has 0 radical (unpaired) electrons. The molecule has 0 saturated carbocycles. The van der Waals surface area contributed by atoms with Gasteiger partial charge in [0.1, 0.15) is 11.8 Å². The molecule has 0 amide bonds. The molecule has 3 nitrogen and oxygen atoms in total. The van der Waals surface area contributed by atoms with Crippen LogP contribution in [0.5, 0.6) is 5.75 Å². The van der Waals surface area contributed by atoms with Crippen molar-refractivity contribution in [1.29, 1.82) is 0 Å². The van der Waals surface area contributed by atoms with E-state index in [1.165, 1.54) is 0 Å². The molecule has 1 aromatic carbocycles. The number of benzene rings is 1. The molecule has 80 valence electrons. The smallest absolute Gasteiger partial charge is 0.328 e. The quantitative estimate of drug-likeness (QED) is 0.462. The lowest BCUT2D eigenvalue weighted by molar-refractivity contribution is -0.135. The average molecular weight is 205 g/mol. The zero-order valence-electron chi connectivity index (χ0n) is 8.77. The Morgan fingerprint density at radius 2 is 2.27 bits per heavy atom. The maximum absolute atomic E-state index is 11.3. The summed E-state index contributed by atoms with van der Waals surface area (Å²) in [5, 5.41) is 0. The van der Waals surface area contributed by atoms with Gasteiger partial charge in [-0.2, -0.15) is 0 Å². The van der Waals surface area contributed by atoms with Crippen molar-refractivity contribution in [2.75, 3.05) is 0 Å². The van der Waals surface area contributed by atoms with Gasteiger partial charge in [0.2, 0.25) is 0 Å². The Bertz CT molecular complexity index is 358. The highest BCUT2D eigenvalue weighted by molar-refractivity contribution is 5.77. The molecule has 0 aliphatic carbocycles. The minimum Gasteiger partial charge on any atom is -0.425 e. The lowest BCUT2D eigenvalue weighted by atomic mass is 10.1. The van der Waals surface area contributed by atoms with E-state index in [1.807, 2.05) is 18.2 Å². The summed E-state index contributed by atoms with van der Waals surface area (Å²) in [5.74, 6) is 0.131. The second kappa shape index (κ2) is 5.32. The molecular formula is C12H15NO2. The van der Waals surface area contributed by atoms with E-state index in [9.17, 15) is 4.79 Å². The first-order chi connectivity index (χ1) is 7.15. The van der Waals surface area contributed by atoms with Gasteiger partial charge in [0, 0.05) is 0 Å². The predicted octanol–water partition coefficient (Wildman–Crippen LogP) is 1.67. The van der Waals surface area contributed by atoms with Gasteiger partial charge in [0.25, 0.3) is 0 Å². The van der Waals surface area contributed by atoms with Crippen LogP contribution in [0.4, 0.5) is 0 Å². The van der Waals surface area contributed by atoms with Crippen LogP contribution in [0, 0.1) is 0 Å². The minimum atomic E-state index is -0.609. The second-order valence-corrected chi connectivity index (χ2v) is 3.31. The Hall–Kier alpha value is -1.61. The molecule has 15 heavy (non-hydrogen) atoms. The lowest BCUT2D eigenvalue weighted by Crippen LogP contribution is -2.31. The number of ether oxygens (including phenoxy) is 1. The Morgan fingerprint density at radius 1 is 1.60 bits per heavy atom. The molecule has 0 bridgehead atoms. The molecule has 0 spiro atoms. The minimum absolute atomic E-state index is 0.425. The Morgan fingerprint density at radius 3 is 2.87 bits per heavy atom. The molecule has 0 heterocycles. The maximum Gasteiger partial charge on any atom is 0.328 e. The average Bonchev–Trinajstić information content (AvgIpc) is 2.21. The fraction of sp³-hybridized carbons (Fsp3) is 0.250. The van der Waals surface area contributed by atoms with Crippen LogP contribution in [0.25, 0.3) is 0 Å². The predicted molar refractivity (Wildman–Crippen MR) is 59.6 cm³/mol. The Kier molecular flexibility index (Phi) is 4.06. The third-order valence-electron chi connectivity index (χ3n) is 1.92. The summed E-state index contributed by atoms with van der Waals surface area (Å²) in [7, 11) is 0. The van der Waals surface area contributed by atoms with Crippen molar-refractivity contribution in [2.45, 2.75) is 19.4 Å². The largest absolute Gasteiger partial charge is 0.425 e. The highest BCUT2D eigenvalue weighted by Crippen LogP contribution is 2.19. The van der Waals surface area contributed by atoms with Crippen molar-refractivity contribution in [2.24, 2.45) is 5.73 Å². The SMILES string of the molecule is C=CCc1ccccc1OC(=O)[C@H](C)N. The third kappa shape index (κ3) is 3.22. The highest BCUT2D eigenvalue weighted by Gasteiger charge is 2.11. The van der Waals surface area contributed by atoms with E-state index in [1.54, 1.807) is 19.1 Å². The van der Waals surface area contributed by atoms with E-state index in [-0.39, 0.29) is 0 Å². The zero-order valence-corrected chi connectivity index (χ0v) is 8.77. The van der Waals surface area contributed by atoms with Gasteiger partial charge in [-0.05, 0) is 25.0 Å². The van der Waals surface area contributed by atoms with Crippen LogP contribution in [0.2, 0.25) is 0 Å². The van der Waals surface area contributed by atoms with Crippen LogP contribution in [0.15, 0.2) is 36.9 Å². The first kappa shape index (κ1) is 11.5. The van der Waals surface area contributed by atoms with E-state index in [4.69, 9.17) is 10.5 Å². The molecule has 1 rings (SSSR count). The Labute approximate surface area is 89.5 Å². The van der Waals surface area contributed by atoms with E-state index < -0.39 is 12.0 Å². The summed E-state index contributed by atoms with van der Waals surface area (Å²) in [5.41, 5.74) is 6.35. The number of para-hydroxylation sites is 1. The summed E-state index contributed by atoms with van der Waals surface area (Å²) in [6, 6.07) is 6.74. The number of nitrogens with two attached hydrogens (primary N) is 1. The summed E-state index contributed by atoms with van der Waals surface area (Å²) in [6.07, 6.45) is 2.43. The number of allylic oxidation sites excluding steroid dienone is 1. The van der Waals surface area contributed by atoms with Crippen molar-refractivity contribution in [1.82, 2.24) is 0 Å². The fourth-order valence-corrected chi connectivity index (χ4v) is 1.13. The molecule has 0 unspecified atom stereocenters. The summed E-state index contributed by atoms with van der Waals surface area (Å²) < 4.78 is 5.15. The zero-order chi connectivity index (χ0) is 11.3. The van der Waals surface area contributed by atoms with Crippen LogP contribution in [0.3, 0.4) is 0 Å². The van der Waals surface area contributed by atoms with Gasteiger partial charge < -0.3 is 10.5 Å². The van der Waals surface area contributed by atoms with Crippen molar-refractivity contribution in [3.05, 3.63) is 42.5 Å². The number of rotatable bonds is 4. The standard InChI is InChI=1S/C12H15NO2/c1-3-6-10-7-4-5-8-11(10)15-12(14)9(2)13/h3-5,7-9H,1,6,13H2,2H3/t9-/m0/s1.